The molecule has 2 heterocycles. The molecule has 1 aliphatic rings. The highest BCUT2D eigenvalue weighted by atomic mass is 35.5. The summed E-state index contributed by atoms with van der Waals surface area (Å²) in [5.74, 6) is 0.129. The monoisotopic (exact) mass is 477 g/mol. The number of amides is 1. The zero-order chi connectivity index (χ0) is 22.3. The summed E-state index contributed by atoms with van der Waals surface area (Å²) in [6, 6.07) is 9.79. The predicted octanol–water partition coefficient (Wildman–Crippen LogP) is 4.36. The number of piperidine rings is 1. The van der Waals surface area contributed by atoms with Crippen molar-refractivity contribution in [3.05, 3.63) is 57.3 Å². The molecule has 0 saturated carbocycles. The van der Waals surface area contributed by atoms with E-state index in [4.69, 9.17) is 11.6 Å². The molecule has 4 rings (SSSR count). The molecule has 6 nitrogen and oxygen atoms in total. The minimum atomic E-state index is -3.54. The van der Waals surface area contributed by atoms with Gasteiger partial charge in [0, 0.05) is 30.7 Å². The second-order valence-corrected chi connectivity index (χ2v) is 11.3. The van der Waals surface area contributed by atoms with E-state index in [1.54, 1.807) is 0 Å². The van der Waals surface area contributed by atoms with Gasteiger partial charge in [0.25, 0.3) is 5.91 Å². The molecular weight excluding hydrogens is 454 g/mol. The Balaban J connectivity index is 1.61. The largest absolute Gasteiger partial charge is 0.319 e. The van der Waals surface area contributed by atoms with Crippen molar-refractivity contribution >= 4 is 49.1 Å². The first-order chi connectivity index (χ1) is 14.7. The number of halogens is 1. The van der Waals surface area contributed by atoms with Crippen molar-refractivity contribution in [2.75, 3.05) is 13.1 Å². The molecule has 1 saturated heterocycles. The van der Waals surface area contributed by atoms with Gasteiger partial charge in [-0.3, -0.25) is 4.79 Å². The zero-order valence-electron chi connectivity index (χ0n) is 17.6. The highest BCUT2D eigenvalue weighted by molar-refractivity contribution is 7.89. The maximum Gasteiger partial charge on any atom is 0.279 e. The molecule has 0 spiro atoms. The van der Waals surface area contributed by atoms with Crippen LogP contribution in [0.15, 0.2) is 46.3 Å². The second kappa shape index (κ2) is 8.50. The van der Waals surface area contributed by atoms with Gasteiger partial charge >= 0.3 is 0 Å². The Labute approximate surface area is 190 Å². The van der Waals surface area contributed by atoms with Crippen molar-refractivity contribution < 1.29 is 13.2 Å². The topological polar surface area (TPSA) is 71.7 Å². The van der Waals surface area contributed by atoms with Gasteiger partial charge in [0.2, 0.25) is 10.0 Å². The van der Waals surface area contributed by atoms with Crippen LogP contribution in [0.25, 0.3) is 10.2 Å². The number of fused-ring (bicyclic) bond motifs is 1. The first-order valence-corrected chi connectivity index (χ1v) is 12.8. The van der Waals surface area contributed by atoms with Crippen LogP contribution in [-0.2, 0) is 17.1 Å². The van der Waals surface area contributed by atoms with Crippen LogP contribution in [0.2, 0.25) is 5.02 Å². The van der Waals surface area contributed by atoms with Gasteiger partial charge in [-0.25, -0.2) is 8.42 Å². The number of thiazole rings is 1. The Hall–Kier alpha value is -2.00. The van der Waals surface area contributed by atoms with Crippen molar-refractivity contribution in [1.29, 1.82) is 0 Å². The lowest BCUT2D eigenvalue weighted by atomic mass is 10.0. The van der Waals surface area contributed by atoms with Crippen LogP contribution in [0.5, 0.6) is 0 Å². The van der Waals surface area contributed by atoms with E-state index >= 15 is 0 Å². The molecule has 31 heavy (non-hydrogen) atoms. The quantitative estimate of drug-likeness (QED) is 0.562. The predicted molar refractivity (Wildman–Crippen MR) is 124 cm³/mol. The average Bonchev–Trinajstić information content (AvgIpc) is 3.07. The van der Waals surface area contributed by atoms with Crippen molar-refractivity contribution in [2.24, 2.45) is 18.0 Å². The molecule has 1 aliphatic heterocycles. The van der Waals surface area contributed by atoms with Crippen molar-refractivity contribution in [1.82, 2.24) is 8.87 Å². The average molecular weight is 478 g/mol. The van der Waals surface area contributed by atoms with Crippen LogP contribution in [0, 0.1) is 12.8 Å². The standard InChI is InChI=1S/C22H24ClN3O3S2/c1-14-10-12-26(13-11-14)31(28,29)17-6-4-16(5-7-17)21(27)24-22-25(3)20-15(2)18(23)8-9-19(20)30-22/h4-9,14H,10-13H2,1-3H3. The second-order valence-electron chi connectivity index (χ2n) is 7.99. The van der Waals surface area contributed by atoms with Crippen molar-refractivity contribution in [3.63, 3.8) is 0 Å². The smallest absolute Gasteiger partial charge is 0.279 e. The Morgan fingerprint density at radius 3 is 2.42 bits per heavy atom. The summed E-state index contributed by atoms with van der Waals surface area (Å²) in [5, 5.41) is 0.665. The number of nitrogens with zero attached hydrogens (tertiary/aromatic N) is 3. The normalized spacial score (nSPS) is 16.8. The van der Waals surface area contributed by atoms with Gasteiger partial charge in [0.05, 0.1) is 15.1 Å². The number of carbonyl (C=O) groups is 1. The maximum absolute atomic E-state index is 12.9. The third-order valence-electron chi connectivity index (χ3n) is 5.83. The number of hydrogen-bond acceptors (Lipinski definition) is 4. The number of rotatable bonds is 3. The molecule has 9 heteroatoms. The fraction of sp³-hybridized carbons (Fsp3) is 0.364. The third kappa shape index (κ3) is 4.22. The molecule has 0 unspecified atom stereocenters. The molecule has 0 aliphatic carbocycles. The number of carbonyl (C=O) groups excluding carboxylic acids is 1. The minimum absolute atomic E-state index is 0.205. The van der Waals surface area contributed by atoms with Gasteiger partial charge in [-0.05, 0) is 67.6 Å². The van der Waals surface area contributed by atoms with Crippen LogP contribution in [0.3, 0.4) is 0 Å². The van der Waals surface area contributed by atoms with Gasteiger partial charge < -0.3 is 4.57 Å². The molecule has 0 radical (unpaired) electrons. The number of aromatic nitrogens is 1. The molecule has 2 aromatic carbocycles. The summed E-state index contributed by atoms with van der Waals surface area (Å²) in [5.41, 5.74) is 2.23. The summed E-state index contributed by atoms with van der Waals surface area (Å²) in [6.45, 7) is 5.14. The van der Waals surface area contributed by atoms with Gasteiger partial charge in [0.1, 0.15) is 0 Å². The summed E-state index contributed by atoms with van der Waals surface area (Å²) in [6.07, 6.45) is 1.73. The van der Waals surface area contributed by atoms with E-state index in [0.29, 0.717) is 34.4 Å². The summed E-state index contributed by atoms with van der Waals surface area (Å²) >= 11 is 7.64. The SMILES string of the molecule is Cc1c(Cl)ccc2sc(=NC(=O)c3ccc(S(=O)(=O)N4CCC(C)CC4)cc3)n(C)c12. The lowest BCUT2D eigenvalue weighted by Crippen LogP contribution is -2.37. The molecule has 0 bridgehead atoms. The molecular formula is C22H24ClN3O3S2. The number of hydrogen-bond donors (Lipinski definition) is 0. The van der Waals surface area contributed by atoms with E-state index in [1.807, 2.05) is 30.7 Å². The van der Waals surface area contributed by atoms with Gasteiger partial charge in [-0.15, -0.1) is 0 Å². The molecule has 3 aromatic rings. The van der Waals surface area contributed by atoms with Gasteiger partial charge in [-0.1, -0.05) is 29.9 Å². The van der Waals surface area contributed by atoms with Crippen LogP contribution in [-0.4, -0.2) is 36.3 Å². The summed E-state index contributed by atoms with van der Waals surface area (Å²) in [7, 11) is -1.69. The Kier molecular flexibility index (Phi) is 6.09. The van der Waals surface area contributed by atoms with Crippen LogP contribution >= 0.6 is 22.9 Å². The highest BCUT2D eigenvalue weighted by Crippen LogP contribution is 2.27. The minimum Gasteiger partial charge on any atom is -0.319 e. The first-order valence-electron chi connectivity index (χ1n) is 10.1. The molecule has 1 aromatic heterocycles. The van der Waals surface area contributed by atoms with Crippen molar-refractivity contribution in [2.45, 2.75) is 31.6 Å². The van der Waals surface area contributed by atoms with E-state index in [9.17, 15) is 13.2 Å². The Morgan fingerprint density at radius 2 is 1.77 bits per heavy atom. The highest BCUT2D eigenvalue weighted by Gasteiger charge is 2.28. The number of aryl methyl sites for hydroxylation is 2. The molecule has 164 valence electrons. The zero-order valence-corrected chi connectivity index (χ0v) is 20.0. The number of benzene rings is 2. The lowest BCUT2D eigenvalue weighted by Gasteiger charge is -2.29. The fourth-order valence-corrected chi connectivity index (χ4v) is 6.50. The van der Waals surface area contributed by atoms with E-state index in [0.717, 1.165) is 28.6 Å². The van der Waals surface area contributed by atoms with Gasteiger partial charge in [0.15, 0.2) is 4.80 Å². The lowest BCUT2D eigenvalue weighted by molar-refractivity contribution is 0.0998. The van der Waals surface area contributed by atoms with E-state index in [-0.39, 0.29) is 4.90 Å². The third-order valence-corrected chi connectivity index (χ3v) is 9.25. The maximum atomic E-state index is 12.9. The van der Waals surface area contributed by atoms with E-state index in [2.05, 4.69) is 11.9 Å². The van der Waals surface area contributed by atoms with E-state index in [1.165, 1.54) is 39.9 Å². The molecule has 0 N–H and O–H groups in total. The fourth-order valence-electron chi connectivity index (χ4n) is 3.81. The molecule has 1 fully saturated rings. The van der Waals surface area contributed by atoms with Crippen LogP contribution in [0.1, 0.15) is 35.7 Å². The van der Waals surface area contributed by atoms with Crippen molar-refractivity contribution in [3.8, 4) is 0 Å². The van der Waals surface area contributed by atoms with Gasteiger partial charge in [-0.2, -0.15) is 9.30 Å². The summed E-state index contributed by atoms with van der Waals surface area (Å²) < 4.78 is 30.1. The van der Waals surface area contributed by atoms with Crippen LogP contribution in [0.4, 0.5) is 0 Å². The molecule has 0 atom stereocenters. The molecule has 1 amide bonds. The summed E-state index contributed by atoms with van der Waals surface area (Å²) in [4.78, 5) is 17.8. The Bertz CT molecular complexity index is 1320. The first kappa shape index (κ1) is 22.2. The van der Waals surface area contributed by atoms with E-state index < -0.39 is 15.9 Å². The Morgan fingerprint density at radius 1 is 1.13 bits per heavy atom. The van der Waals surface area contributed by atoms with Crippen LogP contribution < -0.4 is 4.80 Å². The number of sulfonamides is 1.